The third kappa shape index (κ3) is 2.59. The highest BCUT2D eigenvalue weighted by Gasteiger charge is 2.44. The number of hydrogen-bond donors (Lipinski definition) is 2. The van der Waals surface area contributed by atoms with E-state index in [0.29, 0.717) is 11.3 Å². The molecule has 21 heavy (non-hydrogen) atoms. The van der Waals surface area contributed by atoms with Gasteiger partial charge in [0.05, 0.1) is 11.5 Å². The van der Waals surface area contributed by atoms with Crippen LogP contribution >= 0.6 is 0 Å². The number of phenolic OH excluding ortho intramolecular Hbond substituents is 1. The number of amides is 1. The molecule has 1 aliphatic rings. The lowest BCUT2D eigenvalue weighted by Crippen LogP contribution is -2.13. The normalized spacial score (nSPS) is 15.0. The Hall–Kier alpha value is -2.80. The van der Waals surface area contributed by atoms with Crippen LogP contribution in [0.2, 0.25) is 0 Å². The molecule has 0 aromatic heterocycles. The Balaban J connectivity index is 1.82. The van der Waals surface area contributed by atoms with Gasteiger partial charge in [0.15, 0.2) is 0 Å². The minimum atomic E-state index is -0.401. The van der Waals surface area contributed by atoms with Gasteiger partial charge >= 0.3 is 0 Å². The highest BCUT2D eigenvalue weighted by molar-refractivity contribution is 6.04. The predicted molar refractivity (Wildman–Crippen MR) is 79.0 cm³/mol. The fourth-order valence-electron chi connectivity index (χ4n) is 2.34. The second-order valence-electron chi connectivity index (χ2n) is 5.28. The number of carbonyl (C=O) groups excluding carboxylic acids is 1. The van der Waals surface area contributed by atoms with Crippen LogP contribution in [-0.4, -0.2) is 11.0 Å². The Morgan fingerprint density at radius 1 is 1.19 bits per heavy atom. The molecule has 0 radical (unpaired) electrons. The molecule has 1 saturated carbocycles. The summed E-state index contributed by atoms with van der Waals surface area (Å²) in [6.07, 6.45) is 1.70. The van der Waals surface area contributed by atoms with E-state index in [1.807, 2.05) is 6.07 Å². The van der Waals surface area contributed by atoms with Crippen LogP contribution in [0.15, 0.2) is 48.5 Å². The number of rotatable bonds is 3. The molecule has 1 fully saturated rings. The quantitative estimate of drug-likeness (QED) is 0.905. The number of nitriles is 1. The number of hydrogen-bond acceptors (Lipinski definition) is 3. The van der Waals surface area contributed by atoms with Crippen molar-refractivity contribution in [3.05, 3.63) is 59.7 Å². The Morgan fingerprint density at radius 3 is 2.62 bits per heavy atom. The molecule has 3 rings (SSSR count). The molecule has 0 heterocycles. The minimum absolute atomic E-state index is 0.1000. The summed E-state index contributed by atoms with van der Waals surface area (Å²) in [5.74, 6) is -0.154. The fourth-order valence-corrected chi connectivity index (χ4v) is 2.34. The van der Waals surface area contributed by atoms with Crippen LogP contribution in [-0.2, 0) is 5.41 Å². The predicted octanol–water partition coefficient (Wildman–Crippen LogP) is 3.20. The van der Waals surface area contributed by atoms with Gasteiger partial charge in [0, 0.05) is 17.3 Å². The summed E-state index contributed by atoms with van der Waals surface area (Å²) >= 11 is 0. The lowest BCUT2D eigenvalue weighted by Gasteiger charge is -2.09. The molecule has 0 spiro atoms. The van der Waals surface area contributed by atoms with Crippen LogP contribution in [0.25, 0.3) is 0 Å². The smallest absolute Gasteiger partial charge is 0.255 e. The van der Waals surface area contributed by atoms with Crippen LogP contribution in [0.4, 0.5) is 5.69 Å². The van der Waals surface area contributed by atoms with Crippen molar-refractivity contribution in [2.75, 3.05) is 5.32 Å². The molecule has 0 bridgehead atoms. The zero-order chi connectivity index (χ0) is 14.9. The molecule has 4 heteroatoms. The average molecular weight is 278 g/mol. The van der Waals surface area contributed by atoms with Crippen LogP contribution in [0.3, 0.4) is 0 Å². The molecule has 0 aliphatic heterocycles. The Kier molecular flexibility index (Phi) is 3.11. The summed E-state index contributed by atoms with van der Waals surface area (Å²) < 4.78 is 0. The van der Waals surface area contributed by atoms with E-state index < -0.39 is 5.41 Å². The van der Waals surface area contributed by atoms with Crippen LogP contribution < -0.4 is 5.32 Å². The zero-order valence-electron chi connectivity index (χ0n) is 11.3. The van der Waals surface area contributed by atoms with E-state index in [4.69, 9.17) is 0 Å². The molecular weight excluding hydrogens is 264 g/mol. The van der Waals surface area contributed by atoms with Crippen molar-refractivity contribution in [2.45, 2.75) is 18.3 Å². The van der Waals surface area contributed by atoms with Gasteiger partial charge in [-0.2, -0.15) is 5.26 Å². The molecule has 0 atom stereocenters. The maximum atomic E-state index is 12.2. The van der Waals surface area contributed by atoms with Crippen molar-refractivity contribution in [2.24, 2.45) is 0 Å². The molecule has 0 saturated heterocycles. The monoisotopic (exact) mass is 278 g/mol. The van der Waals surface area contributed by atoms with E-state index >= 15 is 0 Å². The second-order valence-corrected chi connectivity index (χ2v) is 5.28. The summed E-state index contributed by atoms with van der Waals surface area (Å²) in [5.41, 5.74) is 1.54. The van der Waals surface area contributed by atoms with Gasteiger partial charge in [0.2, 0.25) is 0 Å². The lowest BCUT2D eigenvalue weighted by atomic mass is 9.96. The van der Waals surface area contributed by atoms with E-state index in [9.17, 15) is 15.2 Å². The molecule has 2 N–H and O–H groups in total. The maximum absolute atomic E-state index is 12.2. The lowest BCUT2D eigenvalue weighted by molar-refractivity contribution is 0.102. The maximum Gasteiger partial charge on any atom is 0.255 e. The van der Waals surface area contributed by atoms with Gasteiger partial charge in [-0.05, 0) is 42.7 Å². The zero-order valence-corrected chi connectivity index (χ0v) is 11.3. The van der Waals surface area contributed by atoms with Crippen molar-refractivity contribution >= 4 is 11.6 Å². The number of aromatic hydroxyl groups is 1. The van der Waals surface area contributed by atoms with Gasteiger partial charge < -0.3 is 10.4 Å². The van der Waals surface area contributed by atoms with Gasteiger partial charge in [-0.1, -0.05) is 18.2 Å². The van der Waals surface area contributed by atoms with Crippen molar-refractivity contribution < 1.29 is 9.90 Å². The molecule has 1 aliphatic carbocycles. The average Bonchev–Trinajstić information content (AvgIpc) is 3.28. The molecule has 0 unspecified atom stereocenters. The summed E-state index contributed by atoms with van der Waals surface area (Å²) in [6.45, 7) is 0. The van der Waals surface area contributed by atoms with Crippen LogP contribution in [0.5, 0.6) is 5.75 Å². The Labute approximate surface area is 122 Å². The topological polar surface area (TPSA) is 73.1 Å². The fraction of sp³-hybridized carbons (Fsp3) is 0.176. The summed E-state index contributed by atoms with van der Waals surface area (Å²) in [7, 11) is 0. The van der Waals surface area contributed by atoms with E-state index in [-0.39, 0.29) is 11.7 Å². The molecule has 2 aromatic rings. The van der Waals surface area contributed by atoms with Gasteiger partial charge in [-0.15, -0.1) is 0 Å². The van der Waals surface area contributed by atoms with E-state index in [0.717, 1.165) is 18.4 Å². The third-order valence-corrected chi connectivity index (χ3v) is 3.75. The largest absolute Gasteiger partial charge is 0.508 e. The summed E-state index contributed by atoms with van der Waals surface area (Å²) in [5, 5.41) is 21.4. The molecule has 104 valence electrons. The first kappa shape index (κ1) is 13.2. The van der Waals surface area contributed by atoms with Gasteiger partial charge in [0.25, 0.3) is 5.91 Å². The van der Waals surface area contributed by atoms with Crippen molar-refractivity contribution in [1.29, 1.82) is 5.26 Å². The minimum Gasteiger partial charge on any atom is -0.508 e. The standard InChI is InChI=1S/C17H14N2O2/c18-11-17(7-8-17)13-4-1-3-12(9-13)16(21)19-14-5-2-6-15(20)10-14/h1-6,9-10,20H,7-8H2,(H,19,21). The molecule has 2 aromatic carbocycles. The van der Waals surface area contributed by atoms with Gasteiger partial charge in [-0.25, -0.2) is 0 Å². The number of nitrogens with zero attached hydrogens (tertiary/aromatic N) is 1. The Bertz CT molecular complexity index is 742. The highest BCUT2D eigenvalue weighted by Crippen LogP contribution is 2.47. The number of benzene rings is 2. The van der Waals surface area contributed by atoms with Crippen LogP contribution in [0.1, 0.15) is 28.8 Å². The van der Waals surface area contributed by atoms with Gasteiger partial charge in [-0.3, -0.25) is 4.79 Å². The summed E-state index contributed by atoms with van der Waals surface area (Å²) in [6, 6.07) is 15.9. The number of phenols is 1. The van der Waals surface area contributed by atoms with Crippen molar-refractivity contribution in [3.63, 3.8) is 0 Å². The van der Waals surface area contributed by atoms with E-state index in [2.05, 4.69) is 11.4 Å². The van der Waals surface area contributed by atoms with Crippen LogP contribution in [0, 0.1) is 11.3 Å². The molecule has 1 amide bonds. The second kappa shape index (κ2) is 4.95. The highest BCUT2D eigenvalue weighted by atomic mass is 16.3. The first-order valence-corrected chi connectivity index (χ1v) is 6.75. The van der Waals surface area contributed by atoms with Crippen molar-refractivity contribution in [1.82, 2.24) is 0 Å². The first-order chi connectivity index (χ1) is 10.1. The first-order valence-electron chi connectivity index (χ1n) is 6.75. The number of anilines is 1. The molecule has 4 nitrogen and oxygen atoms in total. The third-order valence-electron chi connectivity index (χ3n) is 3.75. The number of carbonyl (C=O) groups is 1. The van der Waals surface area contributed by atoms with E-state index in [1.54, 1.807) is 36.4 Å². The Morgan fingerprint density at radius 2 is 1.95 bits per heavy atom. The van der Waals surface area contributed by atoms with Gasteiger partial charge in [0.1, 0.15) is 5.75 Å². The molecular formula is C17H14N2O2. The SMILES string of the molecule is N#CC1(c2cccc(C(=O)Nc3cccc(O)c3)c2)CC1. The van der Waals surface area contributed by atoms with E-state index in [1.165, 1.54) is 6.07 Å². The number of nitrogens with one attached hydrogen (secondary N) is 1. The van der Waals surface area contributed by atoms with Crippen molar-refractivity contribution in [3.8, 4) is 11.8 Å². The summed E-state index contributed by atoms with van der Waals surface area (Å²) in [4.78, 5) is 12.2.